The molecule has 1 nitrogen and oxygen atoms in total. The number of rotatable bonds is 1. The van der Waals surface area contributed by atoms with Crippen molar-refractivity contribution in [1.29, 1.82) is 0 Å². The topological polar surface area (TPSA) is 23.8 Å². The van der Waals surface area contributed by atoms with Crippen LogP contribution >= 0.6 is 12.2 Å². The summed E-state index contributed by atoms with van der Waals surface area (Å²) in [5.74, 6) is 0. The molecule has 1 rings (SSSR count). The van der Waals surface area contributed by atoms with Crippen LogP contribution in [0.5, 0.6) is 0 Å². The Morgan fingerprint density at radius 2 is 1.58 bits per heavy atom. The maximum atomic E-state index is 7.05. The number of nitrogens with one attached hydrogen (secondary N) is 1. The summed E-state index contributed by atoms with van der Waals surface area (Å²) < 4.78 is 0. The third-order valence-corrected chi connectivity index (χ3v) is 1.27. The molecule has 0 unspecified atom stereocenters. The Morgan fingerprint density at radius 3 is 1.83 bits per heavy atom. The molecule has 1 radical (unpaired) electrons. The second-order valence-corrected chi connectivity index (χ2v) is 2.10. The second kappa shape index (κ2) is 9.30. The average Bonchev–Trinajstić information content (AvgIpc) is 2.10. The van der Waals surface area contributed by atoms with Crippen LogP contribution in [-0.4, -0.2) is 4.99 Å². The van der Waals surface area contributed by atoms with E-state index in [0.29, 0.717) is 0 Å². The van der Waals surface area contributed by atoms with Crippen LogP contribution in [0.15, 0.2) is 30.3 Å². The Hall–Kier alpha value is 0.214. The average molecular weight is 255 g/mol. The van der Waals surface area contributed by atoms with E-state index >= 15 is 0 Å². The Kier molecular flexibility index (Phi) is 11.4. The fourth-order valence-electron chi connectivity index (χ4n) is 0.590. The van der Waals surface area contributed by atoms with Crippen molar-refractivity contribution < 1.29 is 32.7 Å². The van der Waals surface area contributed by atoms with E-state index in [1.54, 1.807) is 0 Å². The van der Waals surface area contributed by atoms with Gasteiger partial charge in [-0.3, -0.25) is 0 Å². The van der Waals surface area contributed by atoms with Gasteiger partial charge in [-0.25, -0.2) is 0 Å². The Labute approximate surface area is 105 Å². The van der Waals surface area contributed by atoms with Crippen LogP contribution in [0.1, 0.15) is 19.4 Å². The van der Waals surface area contributed by atoms with Crippen molar-refractivity contribution in [2.75, 3.05) is 0 Å². The molecule has 0 aliphatic rings. The van der Waals surface area contributed by atoms with E-state index in [2.05, 4.69) is 12.2 Å². The molecular weight excluding hydrogens is 243 g/mol. The van der Waals surface area contributed by atoms with Crippen LogP contribution in [0.3, 0.4) is 0 Å². The van der Waals surface area contributed by atoms with Gasteiger partial charge < -0.3 is 5.73 Å². The summed E-state index contributed by atoms with van der Waals surface area (Å²) in [6.45, 7) is 4.00. The maximum Gasteiger partial charge on any atom is 0 e. The van der Waals surface area contributed by atoms with Crippen LogP contribution in [-0.2, 0) is 32.7 Å². The SMILES string of the molecule is CC.[NH-]C(=S)c1ccccc1.[Y]. The van der Waals surface area contributed by atoms with Crippen molar-refractivity contribution in [3.05, 3.63) is 41.6 Å². The molecule has 0 aliphatic heterocycles. The number of thiocarbonyl (C=S) groups is 1. The standard InChI is InChI=1S/C7H7NS.C2H6.Y/c8-7(9)6-4-2-1-3-5-6;1-2;/h1-5H,(H2,8,9);1-2H3;/p-1. The van der Waals surface area contributed by atoms with Crippen LogP contribution in [0.2, 0.25) is 0 Å². The third kappa shape index (κ3) is 5.81. The molecule has 0 bridgehead atoms. The summed E-state index contributed by atoms with van der Waals surface area (Å²) in [5, 5.41) is 0. The van der Waals surface area contributed by atoms with Gasteiger partial charge >= 0.3 is 0 Å². The van der Waals surface area contributed by atoms with Crippen LogP contribution < -0.4 is 0 Å². The molecule has 1 aromatic rings. The van der Waals surface area contributed by atoms with Gasteiger partial charge in [0.15, 0.2) is 0 Å². The van der Waals surface area contributed by atoms with E-state index in [0.717, 1.165) is 5.56 Å². The van der Waals surface area contributed by atoms with Gasteiger partial charge in [0.05, 0.1) is 0 Å². The maximum absolute atomic E-state index is 7.05. The molecule has 12 heavy (non-hydrogen) atoms. The molecule has 0 saturated carbocycles. The van der Waals surface area contributed by atoms with Crippen molar-refractivity contribution in [3.63, 3.8) is 0 Å². The van der Waals surface area contributed by atoms with Crippen molar-refractivity contribution in [1.82, 2.24) is 0 Å². The molecule has 1 N–H and O–H groups in total. The van der Waals surface area contributed by atoms with Gasteiger partial charge in [0, 0.05) is 32.7 Å². The molecule has 63 valence electrons. The van der Waals surface area contributed by atoms with Crippen LogP contribution in [0.25, 0.3) is 5.73 Å². The van der Waals surface area contributed by atoms with E-state index in [1.807, 2.05) is 44.2 Å². The summed E-state index contributed by atoms with van der Waals surface area (Å²) in [5.41, 5.74) is 7.86. The number of hydrogen-bond acceptors (Lipinski definition) is 1. The monoisotopic (exact) mass is 255 g/mol. The number of benzene rings is 1. The first kappa shape index (κ1) is 14.7. The van der Waals surface area contributed by atoms with Gasteiger partial charge in [0.25, 0.3) is 0 Å². The number of hydrogen-bond donors (Lipinski definition) is 0. The molecule has 0 spiro atoms. The van der Waals surface area contributed by atoms with Gasteiger partial charge in [0.2, 0.25) is 0 Å². The largest absolute Gasteiger partial charge is 0.689 e. The first-order chi connectivity index (χ1) is 5.30. The van der Waals surface area contributed by atoms with Gasteiger partial charge in [-0.15, -0.1) is 12.2 Å². The minimum Gasteiger partial charge on any atom is -0.689 e. The molecular formula is C9H12NSY-. The molecule has 0 amide bonds. The first-order valence-corrected chi connectivity index (χ1v) is 4.02. The van der Waals surface area contributed by atoms with Gasteiger partial charge in [0.1, 0.15) is 0 Å². The zero-order chi connectivity index (χ0) is 8.69. The zero-order valence-electron chi connectivity index (χ0n) is 7.37. The fourth-order valence-corrected chi connectivity index (χ4v) is 0.726. The molecule has 0 fully saturated rings. The normalized spacial score (nSPS) is 7.17. The molecule has 0 atom stereocenters. The summed E-state index contributed by atoms with van der Waals surface area (Å²) in [6, 6.07) is 9.30. The minimum absolute atomic E-state index is 0. The van der Waals surface area contributed by atoms with E-state index in [4.69, 9.17) is 5.73 Å². The van der Waals surface area contributed by atoms with Gasteiger partial charge in [-0.2, -0.15) is 0 Å². The molecule has 0 aliphatic carbocycles. The minimum atomic E-state index is 0. The summed E-state index contributed by atoms with van der Waals surface area (Å²) >= 11 is 4.63. The van der Waals surface area contributed by atoms with E-state index in [1.165, 1.54) is 0 Å². The van der Waals surface area contributed by atoms with Gasteiger partial charge in [-0.1, -0.05) is 49.2 Å². The van der Waals surface area contributed by atoms with Crippen LogP contribution in [0.4, 0.5) is 0 Å². The van der Waals surface area contributed by atoms with E-state index in [-0.39, 0.29) is 37.7 Å². The molecule has 0 aromatic heterocycles. The van der Waals surface area contributed by atoms with Crippen molar-refractivity contribution in [3.8, 4) is 0 Å². The Bertz CT molecular complexity index is 211. The Morgan fingerprint density at radius 1 is 1.17 bits per heavy atom. The Balaban J connectivity index is 0. The van der Waals surface area contributed by atoms with Crippen molar-refractivity contribution in [2.45, 2.75) is 13.8 Å². The summed E-state index contributed by atoms with van der Waals surface area (Å²) in [6.07, 6.45) is 0. The van der Waals surface area contributed by atoms with E-state index in [9.17, 15) is 0 Å². The second-order valence-electron chi connectivity index (χ2n) is 1.70. The van der Waals surface area contributed by atoms with E-state index < -0.39 is 0 Å². The van der Waals surface area contributed by atoms with Crippen LogP contribution in [0, 0.1) is 0 Å². The van der Waals surface area contributed by atoms with Crippen molar-refractivity contribution in [2.24, 2.45) is 0 Å². The first-order valence-electron chi connectivity index (χ1n) is 3.61. The molecule has 0 saturated heterocycles. The molecule has 0 heterocycles. The smallest absolute Gasteiger partial charge is 0 e. The molecule has 3 heteroatoms. The predicted molar refractivity (Wildman–Crippen MR) is 53.8 cm³/mol. The van der Waals surface area contributed by atoms with Gasteiger partial charge in [-0.05, 0) is 5.56 Å². The van der Waals surface area contributed by atoms with Crippen molar-refractivity contribution >= 4 is 17.2 Å². The summed E-state index contributed by atoms with van der Waals surface area (Å²) in [7, 11) is 0. The third-order valence-electron chi connectivity index (χ3n) is 1.04. The zero-order valence-corrected chi connectivity index (χ0v) is 11.0. The molecule has 1 aromatic carbocycles. The quantitative estimate of drug-likeness (QED) is 0.705. The predicted octanol–water partition coefficient (Wildman–Crippen LogP) is 3.44. The fraction of sp³-hybridized carbons (Fsp3) is 0.222. The summed E-state index contributed by atoms with van der Waals surface area (Å²) in [4.78, 5) is 0.204.